The lowest BCUT2D eigenvalue weighted by molar-refractivity contribution is -0.384. The van der Waals surface area contributed by atoms with E-state index in [1.807, 2.05) is 6.07 Å². The molecule has 0 radical (unpaired) electrons. The fraction of sp³-hybridized carbons (Fsp3) is 0.0909. The fourth-order valence-corrected chi connectivity index (χ4v) is 2.99. The minimum absolute atomic E-state index is 0.0679. The van der Waals surface area contributed by atoms with Crippen LogP contribution >= 0.6 is 11.6 Å². The van der Waals surface area contributed by atoms with Crippen LogP contribution in [0.5, 0.6) is 5.75 Å². The number of amides is 1. The molecule has 1 N–H and O–H groups in total. The van der Waals surface area contributed by atoms with E-state index < -0.39 is 10.8 Å². The van der Waals surface area contributed by atoms with Crippen molar-refractivity contribution in [2.75, 3.05) is 12.4 Å². The SMILES string of the molecule is COc1ccc(Cl)cc1NC(=O)/C(C#N)=C/c1ccc(-c2cc([N+](=O)[O-])ccc2C)o1. The lowest BCUT2D eigenvalue weighted by Crippen LogP contribution is -2.14. The Hall–Kier alpha value is -4.09. The molecular formula is C22H16ClN3O5. The van der Waals surface area contributed by atoms with Gasteiger partial charge in [0.1, 0.15) is 28.9 Å². The van der Waals surface area contributed by atoms with Gasteiger partial charge < -0.3 is 14.5 Å². The number of aryl methyl sites for hydroxylation is 1. The van der Waals surface area contributed by atoms with Crippen LogP contribution in [0.15, 0.2) is 58.5 Å². The first-order valence-electron chi connectivity index (χ1n) is 8.94. The summed E-state index contributed by atoms with van der Waals surface area (Å²) in [6.45, 7) is 1.80. The van der Waals surface area contributed by atoms with Gasteiger partial charge in [0.2, 0.25) is 0 Å². The Morgan fingerprint density at radius 3 is 2.71 bits per heavy atom. The third-order valence-corrected chi connectivity index (χ3v) is 4.62. The zero-order valence-corrected chi connectivity index (χ0v) is 17.3. The highest BCUT2D eigenvalue weighted by molar-refractivity contribution is 6.31. The van der Waals surface area contributed by atoms with Gasteiger partial charge in [-0.2, -0.15) is 5.26 Å². The predicted octanol–water partition coefficient (Wildman–Crippen LogP) is 5.37. The quantitative estimate of drug-likeness (QED) is 0.239. The molecular weight excluding hydrogens is 422 g/mol. The van der Waals surface area contributed by atoms with Gasteiger partial charge in [-0.05, 0) is 42.8 Å². The summed E-state index contributed by atoms with van der Waals surface area (Å²) in [6.07, 6.45) is 1.28. The molecule has 2 aromatic carbocycles. The summed E-state index contributed by atoms with van der Waals surface area (Å²) in [5.41, 5.74) is 1.36. The summed E-state index contributed by atoms with van der Waals surface area (Å²) in [5.74, 6) is 0.330. The number of nitrogens with one attached hydrogen (secondary N) is 1. The van der Waals surface area contributed by atoms with Gasteiger partial charge in [0, 0.05) is 28.8 Å². The summed E-state index contributed by atoms with van der Waals surface area (Å²) in [5, 5.41) is 23.4. The number of hydrogen-bond donors (Lipinski definition) is 1. The van der Waals surface area contributed by atoms with Gasteiger partial charge in [-0.3, -0.25) is 14.9 Å². The van der Waals surface area contributed by atoms with Crippen molar-refractivity contribution >= 4 is 35.0 Å². The normalized spacial score (nSPS) is 11.0. The minimum atomic E-state index is -0.674. The highest BCUT2D eigenvalue weighted by Gasteiger charge is 2.16. The van der Waals surface area contributed by atoms with Crippen LogP contribution in [0.25, 0.3) is 17.4 Å². The van der Waals surface area contributed by atoms with E-state index in [2.05, 4.69) is 5.32 Å². The molecule has 0 fully saturated rings. The maximum absolute atomic E-state index is 12.6. The average Bonchev–Trinajstić information content (AvgIpc) is 3.20. The summed E-state index contributed by atoms with van der Waals surface area (Å²) in [4.78, 5) is 23.1. The second kappa shape index (κ2) is 9.15. The average molecular weight is 438 g/mol. The van der Waals surface area contributed by atoms with E-state index >= 15 is 0 Å². The molecule has 0 aliphatic carbocycles. The first kappa shape index (κ1) is 21.6. The first-order chi connectivity index (χ1) is 14.8. The van der Waals surface area contributed by atoms with Crippen molar-refractivity contribution in [1.82, 2.24) is 0 Å². The maximum Gasteiger partial charge on any atom is 0.270 e. The van der Waals surface area contributed by atoms with E-state index in [1.165, 1.54) is 31.4 Å². The van der Waals surface area contributed by atoms with E-state index in [4.69, 9.17) is 20.8 Å². The molecule has 9 heteroatoms. The van der Waals surface area contributed by atoms with Crippen LogP contribution in [0, 0.1) is 28.4 Å². The molecule has 0 saturated carbocycles. The van der Waals surface area contributed by atoms with Gasteiger partial charge in [0.25, 0.3) is 11.6 Å². The number of carbonyl (C=O) groups excluding carboxylic acids is 1. The number of halogens is 1. The first-order valence-corrected chi connectivity index (χ1v) is 9.32. The Morgan fingerprint density at radius 1 is 1.26 bits per heavy atom. The highest BCUT2D eigenvalue weighted by atomic mass is 35.5. The van der Waals surface area contributed by atoms with Crippen molar-refractivity contribution in [3.05, 3.63) is 80.6 Å². The van der Waals surface area contributed by atoms with E-state index in [9.17, 15) is 20.2 Å². The van der Waals surface area contributed by atoms with Crippen LogP contribution in [0.4, 0.5) is 11.4 Å². The van der Waals surface area contributed by atoms with Crippen LogP contribution in [-0.4, -0.2) is 17.9 Å². The second-order valence-electron chi connectivity index (χ2n) is 6.43. The Balaban J connectivity index is 1.88. The van der Waals surface area contributed by atoms with Crippen LogP contribution < -0.4 is 10.1 Å². The molecule has 8 nitrogen and oxygen atoms in total. The molecule has 1 amide bonds. The molecule has 0 bridgehead atoms. The van der Waals surface area contributed by atoms with Crippen molar-refractivity contribution in [3.8, 4) is 23.1 Å². The Bertz CT molecular complexity index is 1240. The number of furan rings is 1. The number of rotatable bonds is 6. The van der Waals surface area contributed by atoms with Crippen LogP contribution in [0.3, 0.4) is 0 Å². The number of ether oxygens (including phenoxy) is 1. The molecule has 0 spiro atoms. The highest BCUT2D eigenvalue weighted by Crippen LogP contribution is 2.30. The van der Waals surface area contributed by atoms with Gasteiger partial charge in [-0.1, -0.05) is 17.7 Å². The standard InChI is InChI=1S/C22H16ClN3O5/c1-13-3-5-16(26(28)29)11-18(13)20-8-6-17(31-20)9-14(12-24)22(27)25-19-10-15(23)4-7-21(19)30-2/h3-11H,1-2H3,(H,25,27)/b14-9+. The number of methoxy groups -OCH3 is 1. The third-order valence-electron chi connectivity index (χ3n) is 4.39. The van der Waals surface area contributed by atoms with E-state index in [-0.39, 0.29) is 17.0 Å². The predicted molar refractivity (Wildman–Crippen MR) is 116 cm³/mol. The van der Waals surface area contributed by atoms with Crippen molar-refractivity contribution in [2.24, 2.45) is 0 Å². The zero-order valence-electron chi connectivity index (χ0n) is 16.5. The van der Waals surface area contributed by atoms with Crippen LogP contribution in [0.1, 0.15) is 11.3 Å². The summed E-state index contributed by atoms with van der Waals surface area (Å²) >= 11 is 5.96. The van der Waals surface area contributed by atoms with Gasteiger partial charge in [-0.25, -0.2) is 0 Å². The number of nitrogens with zero attached hydrogens (tertiary/aromatic N) is 2. The van der Waals surface area contributed by atoms with Crippen molar-refractivity contribution in [3.63, 3.8) is 0 Å². The number of non-ortho nitro benzene ring substituents is 1. The number of nitro groups is 1. The fourth-order valence-electron chi connectivity index (χ4n) is 2.82. The molecule has 0 unspecified atom stereocenters. The lowest BCUT2D eigenvalue weighted by Gasteiger charge is -2.09. The summed E-state index contributed by atoms with van der Waals surface area (Å²) in [6, 6.07) is 14.2. The van der Waals surface area contributed by atoms with Crippen LogP contribution in [-0.2, 0) is 4.79 Å². The van der Waals surface area contributed by atoms with Gasteiger partial charge in [-0.15, -0.1) is 0 Å². The van der Waals surface area contributed by atoms with E-state index in [0.29, 0.717) is 27.8 Å². The summed E-state index contributed by atoms with van der Waals surface area (Å²) in [7, 11) is 1.44. The largest absolute Gasteiger partial charge is 0.495 e. The Kier molecular flexibility index (Phi) is 6.38. The second-order valence-corrected chi connectivity index (χ2v) is 6.86. The molecule has 156 valence electrons. The smallest absolute Gasteiger partial charge is 0.270 e. The molecule has 1 aromatic heterocycles. The van der Waals surface area contributed by atoms with Crippen LogP contribution in [0.2, 0.25) is 5.02 Å². The number of anilines is 1. The van der Waals surface area contributed by atoms with Crippen molar-refractivity contribution in [1.29, 1.82) is 5.26 Å². The molecule has 31 heavy (non-hydrogen) atoms. The van der Waals surface area contributed by atoms with Crippen molar-refractivity contribution < 1.29 is 18.9 Å². The number of carbonyl (C=O) groups is 1. The van der Waals surface area contributed by atoms with Crippen molar-refractivity contribution in [2.45, 2.75) is 6.92 Å². The summed E-state index contributed by atoms with van der Waals surface area (Å²) < 4.78 is 10.9. The molecule has 3 aromatic rings. The Labute approximate surface area is 182 Å². The number of hydrogen-bond acceptors (Lipinski definition) is 6. The van der Waals surface area contributed by atoms with Gasteiger partial charge in [0.15, 0.2) is 0 Å². The van der Waals surface area contributed by atoms with Gasteiger partial charge >= 0.3 is 0 Å². The minimum Gasteiger partial charge on any atom is -0.495 e. The van der Waals surface area contributed by atoms with E-state index in [0.717, 1.165) is 5.56 Å². The molecule has 1 heterocycles. The maximum atomic E-state index is 12.6. The Morgan fingerprint density at radius 2 is 2.03 bits per heavy atom. The monoisotopic (exact) mass is 437 g/mol. The topological polar surface area (TPSA) is 118 Å². The third kappa shape index (κ3) is 4.91. The molecule has 0 aliphatic heterocycles. The number of benzene rings is 2. The molecule has 3 rings (SSSR count). The number of nitro benzene ring substituents is 1. The molecule has 0 saturated heterocycles. The lowest BCUT2D eigenvalue weighted by atomic mass is 10.1. The molecule has 0 aliphatic rings. The zero-order chi connectivity index (χ0) is 22.5. The number of nitriles is 1. The van der Waals surface area contributed by atoms with E-state index in [1.54, 1.807) is 37.3 Å². The van der Waals surface area contributed by atoms with Gasteiger partial charge in [0.05, 0.1) is 17.7 Å². The molecule has 0 atom stereocenters.